The topological polar surface area (TPSA) is 43.6 Å². The Labute approximate surface area is 117 Å². The SMILES string of the molecule is ClCc1cnnn1-c1cccc2cc(Br)cnc12. The fourth-order valence-electron chi connectivity index (χ4n) is 1.84. The summed E-state index contributed by atoms with van der Waals surface area (Å²) >= 11 is 9.29. The lowest BCUT2D eigenvalue weighted by Crippen LogP contribution is -2.02. The lowest BCUT2D eigenvalue weighted by atomic mass is 10.2. The fraction of sp³-hybridized carbons (Fsp3) is 0.0833. The van der Waals surface area contributed by atoms with Gasteiger partial charge in [-0.15, -0.1) is 16.7 Å². The maximum atomic E-state index is 5.87. The average Bonchev–Trinajstić information content (AvgIpc) is 2.85. The second-order valence-electron chi connectivity index (χ2n) is 3.77. The number of hydrogen-bond acceptors (Lipinski definition) is 3. The molecule has 0 spiro atoms. The van der Waals surface area contributed by atoms with Crippen molar-refractivity contribution in [2.45, 2.75) is 5.88 Å². The highest BCUT2D eigenvalue weighted by Crippen LogP contribution is 2.23. The Balaban J connectivity index is 2.29. The van der Waals surface area contributed by atoms with Crippen molar-refractivity contribution in [3.05, 3.63) is 46.8 Å². The van der Waals surface area contributed by atoms with Gasteiger partial charge in [-0.2, -0.15) is 0 Å². The molecule has 90 valence electrons. The van der Waals surface area contributed by atoms with Crippen molar-refractivity contribution in [1.29, 1.82) is 0 Å². The number of halogens is 2. The van der Waals surface area contributed by atoms with E-state index in [1.54, 1.807) is 17.1 Å². The van der Waals surface area contributed by atoms with E-state index < -0.39 is 0 Å². The molecule has 2 aromatic heterocycles. The summed E-state index contributed by atoms with van der Waals surface area (Å²) in [5, 5.41) is 8.99. The smallest absolute Gasteiger partial charge is 0.0960 e. The van der Waals surface area contributed by atoms with Crippen molar-refractivity contribution in [3.63, 3.8) is 0 Å². The summed E-state index contributed by atoms with van der Waals surface area (Å²) in [6.45, 7) is 0. The number of fused-ring (bicyclic) bond motifs is 1. The van der Waals surface area contributed by atoms with Gasteiger partial charge in [-0.25, -0.2) is 4.68 Å². The third-order valence-corrected chi connectivity index (χ3v) is 3.35. The first kappa shape index (κ1) is 11.6. The van der Waals surface area contributed by atoms with Crippen LogP contribution in [0, 0.1) is 0 Å². The Morgan fingerprint density at radius 2 is 2.17 bits per heavy atom. The van der Waals surface area contributed by atoms with Gasteiger partial charge in [0.2, 0.25) is 0 Å². The van der Waals surface area contributed by atoms with Crippen LogP contribution in [0.15, 0.2) is 41.1 Å². The van der Waals surface area contributed by atoms with E-state index >= 15 is 0 Å². The molecule has 6 heteroatoms. The second-order valence-corrected chi connectivity index (χ2v) is 4.96. The molecule has 1 aromatic carbocycles. The van der Waals surface area contributed by atoms with E-state index in [2.05, 4.69) is 31.2 Å². The van der Waals surface area contributed by atoms with Crippen LogP contribution in [0.2, 0.25) is 0 Å². The molecule has 2 heterocycles. The van der Waals surface area contributed by atoms with Gasteiger partial charge in [0, 0.05) is 16.1 Å². The standard InChI is InChI=1S/C12H8BrClN4/c13-9-4-8-2-1-3-11(12(8)15-6-9)18-10(5-14)7-16-17-18/h1-4,6-7H,5H2. The van der Waals surface area contributed by atoms with E-state index in [0.29, 0.717) is 5.88 Å². The lowest BCUT2D eigenvalue weighted by molar-refractivity contribution is 0.784. The molecule has 3 aromatic rings. The highest BCUT2D eigenvalue weighted by atomic mass is 79.9. The first-order valence-corrected chi connectivity index (χ1v) is 6.62. The summed E-state index contributed by atoms with van der Waals surface area (Å²) in [6.07, 6.45) is 3.42. The molecule has 0 atom stereocenters. The number of rotatable bonds is 2. The van der Waals surface area contributed by atoms with Crippen molar-refractivity contribution in [2.75, 3.05) is 0 Å². The Morgan fingerprint density at radius 3 is 3.00 bits per heavy atom. The number of para-hydroxylation sites is 1. The van der Waals surface area contributed by atoms with Crippen molar-refractivity contribution < 1.29 is 0 Å². The van der Waals surface area contributed by atoms with Gasteiger partial charge >= 0.3 is 0 Å². The molecule has 0 unspecified atom stereocenters. The fourth-order valence-corrected chi connectivity index (χ4v) is 2.37. The van der Waals surface area contributed by atoms with Crippen LogP contribution < -0.4 is 0 Å². The van der Waals surface area contributed by atoms with Crippen LogP contribution in [0.4, 0.5) is 0 Å². The minimum Gasteiger partial charge on any atom is -0.253 e. The number of hydrogen-bond donors (Lipinski definition) is 0. The minimum absolute atomic E-state index is 0.361. The van der Waals surface area contributed by atoms with Gasteiger partial charge in [0.1, 0.15) is 0 Å². The van der Waals surface area contributed by atoms with E-state index in [9.17, 15) is 0 Å². The summed E-state index contributed by atoms with van der Waals surface area (Å²) in [4.78, 5) is 4.43. The lowest BCUT2D eigenvalue weighted by Gasteiger charge is -2.07. The molecule has 0 fully saturated rings. The third kappa shape index (κ3) is 1.89. The maximum absolute atomic E-state index is 5.87. The van der Waals surface area contributed by atoms with E-state index in [1.807, 2.05) is 24.3 Å². The average molecular weight is 324 g/mol. The quantitative estimate of drug-likeness (QED) is 0.680. The molecule has 4 nitrogen and oxygen atoms in total. The van der Waals surface area contributed by atoms with Crippen molar-refractivity contribution in [3.8, 4) is 5.69 Å². The Kier molecular flexibility index (Phi) is 3.01. The van der Waals surface area contributed by atoms with Gasteiger partial charge in [0.15, 0.2) is 0 Å². The molecule has 0 radical (unpaired) electrons. The van der Waals surface area contributed by atoms with Gasteiger partial charge in [-0.3, -0.25) is 4.98 Å². The molecule has 0 aliphatic carbocycles. The highest BCUT2D eigenvalue weighted by molar-refractivity contribution is 9.10. The maximum Gasteiger partial charge on any atom is 0.0960 e. The highest BCUT2D eigenvalue weighted by Gasteiger charge is 2.09. The van der Waals surface area contributed by atoms with Gasteiger partial charge < -0.3 is 0 Å². The second kappa shape index (κ2) is 4.66. The Hall–Kier alpha value is -1.46. The summed E-state index contributed by atoms with van der Waals surface area (Å²) in [5.74, 6) is 0.361. The molecule has 3 rings (SSSR count). The van der Waals surface area contributed by atoms with Gasteiger partial charge in [0.25, 0.3) is 0 Å². The molecule has 0 saturated carbocycles. The summed E-state index contributed by atoms with van der Waals surface area (Å²) in [6, 6.07) is 7.94. The van der Waals surface area contributed by atoms with Gasteiger partial charge in [-0.05, 0) is 28.1 Å². The van der Waals surface area contributed by atoms with Gasteiger partial charge in [-0.1, -0.05) is 17.3 Å². The Bertz CT molecular complexity index is 710. The summed E-state index contributed by atoms with van der Waals surface area (Å²) in [5.41, 5.74) is 2.60. The van der Waals surface area contributed by atoms with Crippen LogP contribution in [0.1, 0.15) is 5.69 Å². The normalized spacial score (nSPS) is 11.0. The Morgan fingerprint density at radius 1 is 1.28 bits per heavy atom. The zero-order valence-electron chi connectivity index (χ0n) is 9.22. The number of pyridine rings is 1. The molecule has 18 heavy (non-hydrogen) atoms. The number of benzene rings is 1. The molecule has 0 bridgehead atoms. The van der Waals surface area contributed by atoms with E-state index in [-0.39, 0.29) is 0 Å². The predicted octanol–water partition coefficient (Wildman–Crippen LogP) is 3.32. The summed E-state index contributed by atoms with van der Waals surface area (Å²) < 4.78 is 2.67. The van der Waals surface area contributed by atoms with Crippen molar-refractivity contribution in [1.82, 2.24) is 20.0 Å². The van der Waals surface area contributed by atoms with Crippen molar-refractivity contribution in [2.24, 2.45) is 0 Å². The van der Waals surface area contributed by atoms with E-state index in [1.165, 1.54) is 0 Å². The first-order valence-electron chi connectivity index (χ1n) is 5.30. The zero-order chi connectivity index (χ0) is 12.5. The van der Waals surface area contributed by atoms with Crippen LogP contribution in [-0.4, -0.2) is 20.0 Å². The molecular formula is C12H8BrClN4. The molecule has 0 N–H and O–H groups in total. The molecule has 0 saturated heterocycles. The molecule has 0 amide bonds. The molecule has 0 aliphatic rings. The predicted molar refractivity (Wildman–Crippen MR) is 73.9 cm³/mol. The monoisotopic (exact) mass is 322 g/mol. The zero-order valence-corrected chi connectivity index (χ0v) is 11.6. The van der Waals surface area contributed by atoms with E-state index in [0.717, 1.165) is 26.8 Å². The molecule has 0 aliphatic heterocycles. The van der Waals surface area contributed by atoms with E-state index in [4.69, 9.17) is 11.6 Å². The van der Waals surface area contributed by atoms with Crippen LogP contribution in [-0.2, 0) is 5.88 Å². The largest absolute Gasteiger partial charge is 0.253 e. The van der Waals surface area contributed by atoms with Crippen LogP contribution >= 0.6 is 27.5 Å². The van der Waals surface area contributed by atoms with Crippen molar-refractivity contribution >= 4 is 38.4 Å². The van der Waals surface area contributed by atoms with Gasteiger partial charge in [0.05, 0.1) is 29.0 Å². The van der Waals surface area contributed by atoms with Crippen LogP contribution in [0.25, 0.3) is 16.6 Å². The molecular weight excluding hydrogens is 316 g/mol. The van der Waals surface area contributed by atoms with Crippen LogP contribution in [0.5, 0.6) is 0 Å². The minimum atomic E-state index is 0.361. The number of nitrogens with zero attached hydrogens (tertiary/aromatic N) is 4. The van der Waals surface area contributed by atoms with Crippen LogP contribution in [0.3, 0.4) is 0 Å². The first-order chi connectivity index (χ1) is 8.79. The number of alkyl halides is 1. The number of aromatic nitrogens is 4. The summed E-state index contributed by atoms with van der Waals surface area (Å²) in [7, 11) is 0. The third-order valence-electron chi connectivity index (χ3n) is 2.64.